The Hall–Kier alpha value is -1.34. The van der Waals surface area contributed by atoms with Crippen molar-refractivity contribution in [1.29, 1.82) is 0 Å². The number of carbonyl (C=O) groups is 2. The first-order valence-electron chi connectivity index (χ1n) is 6.50. The molecule has 0 unspecified atom stereocenters. The van der Waals surface area contributed by atoms with Crippen LogP contribution < -0.4 is 14.8 Å². The molecule has 7 heteroatoms. The van der Waals surface area contributed by atoms with E-state index >= 15 is 0 Å². The van der Waals surface area contributed by atoms with Gasteiger partial charge in [-0.1, -0.05) is 18.7 Å². The van der Waals surface area contributed by atoms with E-state index < -0.39 is 0 Å². The third-order valence-electron chi connectivity index (χ3n) is 2.98. The molecule has 0 radical (unpaired) electrons. The molecule has 1 aromatic rings. The summed E-state index contributed by atoms with van der Waals surface area (Å²) in [6.45, 7) is 3.82. The molecule has 1 aliphatic rings. The predicted octanol–water partition coefficient (Wildman–Crippen LogP) is 2.24. The van der Waals surface area contributed by atoms with Gasteiger partial charge in [-0.2, -0.15) is 12.6 Å². The highest BCUT2D eigenvalue weighted by Crippen LogP contribution is 2.38. The minimum Gasteiger partial charge on any atom is -0.454 e. The predicted molar refractivity (Wildman–Crippen MR) is 84.0 cm³/mol. The number of thiol groups is 1. The van der Waals surface area contributed by atoms with E-state index in [1.54, 1.807) is 12.1 Å². The Kier molecular flexibility index (Phi) is 5.41. The van der Waals surface area contributed by atoms with Crippen LogP contribution in [0.15, 0.2) is 17.0 Å². The maximum Gasteiger partial charge on any atom is 0.231 e. The van der Waals surface area contributed by atoms with Gasteiger partial charge in [0.15, 0.2) is 16.6 Å². The quantitative estimate of drug-likeness (QED) is 0.641. The number of nitrogens with one attached hydrogen (secondary N) is 1. The molecule has 0 aliphatic carbocycles. The molecule has 1 amide bonds. The van der Waals surface area contributed by atoms with Gasteiger partial charge in [0.05, 0.1) is 0 Å². The first-order valence-corrected chi connectivity index (χ1v) is 7.95. The highest BCUT2D eigenvalue weighted by atomic mass is 32.2. The van der Waals surface area contributed by atoms with Gasteiger partial charge in [-0.3, -0.25) is 9.59 Å². The zero-order chi connectivity index (χ0) is 15.4. The van der Waals surface area contributed by atoms with Crippen molar-refractivity contribution in [2.24, 2.45) is 5.92 Å². The number of benzene rings is 1. The molecule has 1 aliphatic heterocycles. The zero-order valence-corrected chi connectivity index (χ0v) is 13.6. The highest BCUT2D eigenvalue weighted by molar-refractivity contribution is 8.13. The highest BCUT2D eigenvalue weighted by Gasteiger charge is 2.19. The number of rotatable bonds is 5. The Balaban J connectivity index is 2.16. The minimum atomic E-state index is -0.161. The monoisotopic (exact) mass is 327 g/mol. The van der Waals surface area contributed by atoms with Crippen molar-refractivity contribution in [2.75, 3.05) is 12.5 Å². The van der Waals surface area contributed by atoms with E-state index in [4.69, 9.17) is 9.47 Å². The van der Waals surface area contributed by atoms with Crippen molar-refractivity contribution in [3.8, 4) is 11.5 Å². The summed E-state index contributed by atoms with van der Waals surface area (Å²) in [5.41, 5.74) is 0.833. The molecule has 0 saturated carbocycles. The minimum absolute atomic E-state index is 0.0230. The molecule has 1 aromatic carbocycles. The number of amides is 1. The first kappa shape index (κ1) is 16.0. The molecular formula is C14H17NO4S2. The Labute approximate surface area is 133 Å². The van der Waals surface area contributed by atoms with Crippen LogP contribution in [0, 0.1) is 5.92 Å². The lowest BCUT2D eigenvalue weighted by Gasteiger charge is -2.13. The molecule has 0 saturated heterocycles. The van der Waals surface area contributed by atoms with Crippen LogP contribution >= 0.6 is 24.4 Å². The Morgan fingerprint density at radius 3 is 2.67 bits per heavy atom. The number of ether oxygens (including phenoxy) is 2. The fourth-order valence-electron chi connectivity index (χ4n) is 1.79. The van der Waals surface area contributed by atoms with Crippen LogP contribution in [0.5, 0.6) is 11.5 Å². The summed E-state index contributed by atoms with van der Waals surface area (Å²) in [6.07, 6.45) is 0. The van der Waals surface area contributed by atoms with Crippen molar-refractivity contribution < 1.29 is 19.1 Å². The number of fused-ring (bicyclic) bond motifs is 1. The number of hydrogen-bond donors (Lipinski definition) is 2. The van der Waals surface area contributed by atoms with Crippen molar-refractivity contribution in [2.45, 2.75) is 25.3 Å². The van der Waals surface area contributed by atoms with Crippen LogP contribution in [0.3, 0.4) is 0 Å². The van der Waals surface area contributed by atoms with Gasteiger partial charge in [-0.05, 0) is 17.7 Å². The number of hydrogen-bond acceptors (Lipinski definition) is 6. The van der Waals surface area contributed by atoms with Gasteiger partial charge in [0, 0.05) is 30.0 Å². The molecule has 0 fully saturated rings. The van der Waals surface area contributed by atoms with Crippen LogP contribution in [-0.4, -0.2) is 23.6 Å². The fourth-order valence-corrected chi connectivity index (χ4v) is 2.70. The third-order valence-corrected chi connectivity index (χ3v) is 4.42. The summed E-state index contributed by atoms with van der Waals surface area (Å²) in [5.74, 6) is 1.52. The van der Waals surface area contributed by atoms with Gasteiger partial charge < -0.3 is 14.8 Å². The van der Waals surface area contributed by atoms with E-state index in [0.29, 0.717) is 23.8 Å². The second-order valence-corrected chi connectivity index (χ2v) is 6.29. The molecule has 21 heavy (non-hydrogen) atoms. The molecule has 2 rings (SSSR count). The van der Waals surface area contributed by atoms with Crippen molar-refractivity contribution >= 4 is 35.4 Å². The third kappa shape index (κ3) is 4.07. The van der Waals surface area contributed by atoms with Crippen LogP contribution in [0.2, 0.25) is 0 Å². The van der Waals surface area contributed by atoms with E-state index in [9.17, 15) is 9.59 Å². The maximum absolute atomic E-state index is 11.8. The zero-order valence-electron chi connectivity index (χ0n) is 11.8. The van der Waals surface area contributed by atoms with Crippen LogP contribution in [0.25, 0.3) is 0 Å². The van der Waals surface area contributed by atoms with Gasteiger partial charge >= 0.3 is 0 Å². The second-order valence-electron chi connectivity index (χ2n) is 4.71. The van der Waals surface area contributed by atoms with Gasteiger partial charge in [-0.25, -0.2) is 0 Å². The van der Waals surface area contributed by atoms with Crippen LogP contribution in [-0.2, 0) is 16.1 Å². The molecule has 5 nitrogen and oxygen atoms in total. The molecule has 1 heterocycles. The summed E-state index contributed by atoms with van der Waals surface area (Å²) < 4.78 is 10.6. The molecule has 0 bridgehead atoms. The topological polar surface area (TPSA) is 64.6 Å². The summed E-state index contributed by atoms with van der Waals surface area (Å²) in [7, 11) is 0. The largest absolute Gasteiger partial charge is 0.454 e. The summed E-state index contributed by atoms with van der Waals surface area (Å²) in [6, 6.07) is 3.58. The second kappa shape index (κ2) is 7.09. The van der Waals surface area contributed by atoms with Crippen LogP contribution in [0.1, 0.15) is 19.4 Å². The maximum atomic E-state index is 11.8. The fraction of sp³-hybridized carbons (Fsp3) is 0.429. The Morgan fingerprint density at radius 2 is 2.05 bits per heavy atom. The number of thioether (sulfide) groups is 1. The molecule has 114 valence electrons. The number of carbonyl (C=O) groups excluding carboxylic acids is 2. The molecule has 1 atom stereocenters. The van der Waals surface area contributed by atoms with Gasteiger partial charge in [0.25, 0.3) is 0 Å². The van der Waals surface area contributed by atoms with Gasteiger partial charge in [0.1, 0.15) is 0 Å². The first-order chi connectivity index (χ1) is 10.0. The lowest BCUT2D eigenvalue weighted by atomic mass is 10.1. The summed E-state index contributed by atoms with van der Waals surface area (Å²) >= 11 is 5.22. The lowest BCUT2D eigenvalue weighted by Crippen LogP contribution is -2.29. The normalized spacial score (nSPS) is 13.9. The van der Waals surface area contributed by atoms with Crippen molar-refractivity contribution in [3.63, 3.8) is 0 Å². The average molecular weight is 327 g/mol. The molecule has 1 N–H and O–H groups in total. The standard InChI is InChI=1S/C14H17NO4S2/c1-8(6-20)14(17)15-5-10-3-11-12(19-7-18-11)4-13(10)21-9(2)16/h3-4,8,20H,5-7H2,1-2H3,(H,15,17)/t8-/m0/s1. The molecule has 0 spiro atoms. The molecule has 0 aromatic heterocycles. The van der Waals surface area contributed by atoms with E-state index in [1.807, 2.05) is 6.92 Å². The Morgan fingerprint density at radius 1 is 1.38 bits per heavy atom. The van der Waals surface area contributed by atoms with Gasteiger partial charge in [-0.15, -0.1) is 0 Å². The SMILES string of the molecule is CC(=O)Sc1cc2c(cc1CNC(=O)[C@@H](C)CS)OCO2. The van der Waals surface area contributed by atoms with E-state index in [2.05, 4.69) is 17.9 Å². The van der Waals surface area contributed by atoms with Crippen molar-refractivity contribution in [3.05, 3.63) is 17.7 Å². The summed E-state index contributed by atoms with van der Waals surface area (Å²) in [5, 5.41) is 2.82. The van der Waals surface area contributed by atoms with E-state index in [1.165, 1.54) is 6.92 Å². The molecular weight excluding hydrogens is 310 g/mol. The lowest BCUT2D eigenvalue weighted by molar-refractivity contribution is -0.124. The van der Waals surface area contributed by atoms with Crippen LogP contribution in [0.4, 0.5) is 0 Å². The van der Waals surface area contributed by atoms with E-state index in [0.717, 1.165) is 22.2 Å². The van der Waals surface area contributed by atoms with Gasteiger partial charge in [0.2, 0.25) is 12.7 Å². The Bertz CT molecular complexity index is 562. The van der Waals surface area contributed by atoms with E-state index in [-0.39, 0.29) is 23.7 Å². The smallest absolute Gasteiger partial charge is 0.231 e. The average Bonchev–Trinajstić information content (AvgIpc) is 2.89. The van der Waals surface area contributed by atoms with Crippen molar-refractivity contribution in [1.82, 2.24) is 5.32 Å². The summed E-state index contributed by atoms with van der Waals surface area (Å²) in [4.78, 5) is 23.9.